The molecule has 0 amide bonds. The van der Waals surface area contributed by atoms with Gasteiger partial charge in [-0.05, 0) is 426 Å². The van der Waals surface area contributed by atoms with Crippen LogP contribution < -0.4 is 5.22 Å². The molecule has 14 aromatic carbocycles. The summed E-state index contributed by atoms with van der Waals surface area (Å²) in [4.78, 5) is 16.2. The number of allylic oxidation sites excluding steroid dienone is 12. The zero-order valence-corrected chi connectivity index (χ0v) is 71.4. The molecular formula is C121H97NO2. The molecule has 1 heterocycles. The maximum Gasteiger partial charge on any atom is 0.305 e. The standard InChI is InChI=1S/C61H55N.C60H42O2/c1-3-4-5-6-7-8-9-10-11-12-13-29-14-16-30(17-15-29)59-61-40-27-26-39-37-24-22-35-33-20-18-31-32-19-21-34-36-23-25-38(40)48-46(36)51-44(34)42(32)49-41(31)43(33)50-45(35)47(37)57(60(39,61)28-62(59)2)55-53(50)52(49)54(51)56(55)58(48)61;1-62-32(61)8-5-13-58(25-6-3-2-4-7-25)59-54-28-11-9-26-30-18-23-16-20-14-22-15-21-17-24-19-31-27-10-12-29(28)55(59)41(27)51-39(31)45-36(24)34(21)43-37(22)42-33(20)35(23)44-38(30)50(40(26)54)56-52-48(44)46(42)47(43)49(45)53(52)57(51)60(56,58)59/h14-21,23-25,35-36,38-40,46,48,59H,3-13,22,26-28H2,1-2H3;2-4,6-7,9,11,18,20-21,24,26-29,31,36,40,54H,5,8,10,12-17,19H2,1H3. The van der Waals surface area contributed by atoms with Gasteiger partial charge in [0.15, 0.2) is 0 Å². The van der Waals surface area contributed by atoms with Gasteiger partial charge in [-0.2, -0.15) is 0 Å². The van der Waals surface area contributed by atoms with E-state index in [9.17, 15) is 4.79 Å². The Kier molecular flexibility index (Phi) is 9.71. The Morgan fingerprint density at radius 1 is 0.540 bits per heavy atom. The predicted octanol–water partition coefficient (Wildman–Crippen LogP) is 27.1. The first kappa shape index (κ1) is 63.5. The van der Waals surface area contributed by atoms with Gasteiger partial charge in [0.25, 0.3) is 0 Å². The fourth-order valence-corrected chi connectivity index (χ4v) is 43.9. The Hall–Kier alpha value is -9.41. The molecule has 6 fully saturated rings. The fraction of sp³-hybridized carbons (Fsp3) is 0.430. The highest BCUT2D eigenvalue weighted by Crippen LogP contribution is 3.02. The van der Waals surface area contributed by atoms with Crippen LogP contribution >= 0.6 is 0 Å². The van der Waals surface area contributed by atoms with Crippen LogP contribution in [0.4, 0.5) is 0 Å². The van der Waals surface area contributed by atoms with Crippen molar-refractivity contribution in [1.29, 1.82) is 0 Å². The van der Waals surface area contributed by atoms with Crippen LogP contribution in [0.25, 0.3) is 136 Å². The minimum Gasteiger partial charge on any atom is -0.469 e. The Morgan fingerprint density at radius 3 is 2.17 bits per heavy atom. The molecule has 25 aliphatic carbocycles. The molecule has 1 saturated heterocycles. The summed E-state index contributed by atoms with van der Waals surface area (Å²) in [5, 5.41) is 36.0. The third-order valence-corrected chi connectivity index (χ3v) is 45.2. The molecule has 0 N–H and O–H groups in total. The molecule has 14 aromatic rings. The highest BCUT2D eigenvalue weighted by Gasteiger charge is 2.99. The van der Waals surface area contributed by atoms with E-state index in [1.165, 1.54) is 147 Å². The monoisotopic (exact) mass is 1600 g/mol. The lowest BCUT2D eigenvalue weighted by Crippen LogP contribution is -2.57. The van der Waals surface area contributed by atoms with Gasteiger partial charge in [-0.25, -0.2) is 0 Å². The molecule has 3 heteroatoms. The molecule has 598 valence electrons. The number of aryl methyl sites for hydroxylation is 1. The molecule has 26 aliphatic rings. The molecule has 0 radical (unpaired) electrons. The van der Waals surface area contributed by atoms with Crippen LogP contribution in [0.3, 0.4) is 0 Å². The molecule has 124 heavy (non-hydrogen) atoms. The zero-order valence-electron chi connectivity index (χ0n) is 71.4. The number of unbranched alkanes of at least 4 members (excludes halogenated alkanes) is 9. The van der Waals surface area contributed by atoms with Crippen molar-refractivity contribution in [2.75, 3.05) is 20.7 Å². The number of nitrogens with zero attached hydrogens (tertiary/aromatic N) is 1. The van der Waals surface area contributed by atoms with E-state index in [2.05, 4.69) is 134 Å². The summed E-state index contributed by atoms with van der Waals surface area (Å²) in [6.45, 7) is 3.53. The highest BCUT2D eigenvalue weighted by atomic mass is 16.5. The average Bonchev–Trinajstić information content (AvgIpc) is 1.36. The number of hydrogen-bond acceptors (Lipinski definition) is 3. The summed E-state index contributed by atoms with van der Waals surface area (Å²) in [7, 11) is 4.18. The Labute approximate surface area is 720 Å². The van der Waals surface area contributed by atoms with Crippen molar-refractivity contribution in [2.45, 2.75) is 231 Å². The van der Waals surface area contributed by atoms with E-state index in [1.807, 2.05) is 88.7 Å². The molecule has 0 aromatic heterocycles. The van der Waals surface area contributed by atoms with Crippen molar-refractivity contribution in [3.05, 3.63) is 249 Å². The van der Waals surface area contributed by atoms with Gasteiger partial charge in [0.1, 0.15) is 0 Å². The first-order valence-electron chi connectivity index (χ1n) is 50.9. The molecule has 3 nitrogen and oxygen atoms in total. The third kappa shape index (κ3) is 5.36. The van der Waals surface area contributed by atoms with E-state index in [-0.39, 0.29) is 33.0 Å². The van der Waals surface area contributed by atoms with Crippen molar-refractivity contribution in [3.8, 4) is 0 Å². The zero-order chi connectivity index (χ0) is 78.7. The summed E-state index contributed by atoms with van der Waals surface area (Å²) in [5.74, 6) is 11.1. The molecule has 1 aliphatic heterocycles. The van der Waals surface area contributed by atoms with E-state index < -0.39 is 0 Å². The third-order valence-electron chi connectivity index (χ3n) is 45.2. The molecule has 40 rings (SSSR count). The van der Waals surface area contributed by atoms with Crippen LogP contribution in [0, 0.1) is 70.0 Å². The largest absolute Gasteiger partial charge is 0.469 e. The second-order valence-corrected chi connectivity index (χ2v) is 47.3. The lowest BCUT2D eigenvalue weighted by molar-refractivity contribution is -0.140. The average molecular weight is 1600 g/mol. The number of likely N-dealkylation sites (tertiary alicyclic amines) is 1. The molecule has 24 unspecified atom stereocenters. The van der Waals surface area contributed by atoms with Crippen LogP contribution in [0.5, 0.6) is 0 Å². The minimum absolute atomic E-state index is 0.0382. The summed E-state index contributed by atoms with van der Waals surface area (Å²) in [6.07, 6.45) is 45.4. The second kappa shape index (κ2) is 19.0. The maximum absolute atomic E-state index is 13.3. The number of benzene rings is 12. The van der Waals surface area contributed by atoms with Gasteiger partial charge >= 0.3 is 5.97 Å². The van der Waals surface area contributed by atoms with Gasteiger partial charge in [-0.3, -0.25) is 9.69 Å². The van der Waals surface area contributed by atoms with Gasteiger partial charge in [0.05, 0.1) is 7.11 Å². The van der Waals surface area contributed by atoms with Crippen LogP contribution in [-0.4, -0.2) is 31.6 Å². The highest BCUT2D eigenvalue weighted by molar-refractivity contribution is 6.52. The summed E-state index contributed by atoms with van der Waals surface area (Å²) < 4.78 is 5.45. The molecule has 0 bridgehead atoms. The lowest BCUT2D eigenvalue weighted by Gasteiger charge is -2.58. The number of ether oxygens (including phenoxy) is 1. The number of esters is 1. The fourth-order valence-electron chi connectivity index (χ4n) is 43.9. The quantitative estimate of drug-likeness (QED) is 0.0299. The number of carbonyl (C=O) groups excluding carboxylic acids is 1. The van der Waals surface area contributed by atoms with E-state index >= 15 is 0 Å². The topological polar surface area (TPSA) is 29.5 Å². The van der Waals surface area contributed by atoms with Gasteiger partial charge in [0.2, 0.25) is 0 Å². The van der Waals surface area contributed by atoms with Crippen LogP contribution in [0.2, 0.25) is 0 Å². The smallest absolute Gasteiger partial charge is 0.305 e. The van der Waals surface area contributed by atoms with Crippen LogP contribution in [0.1, 0.15) is 313 Å². The molecule has 5 saturated carbocycles. The van der Waals surface area contributed by atoms with Gasteiger partial charge < -0.3 is 4.74 Å². The van der Waals surface area contributed by atoms with Crippen molar-refractivity contribution >= 4 is 142 Å². The maximum atomic E-state index is 13.3. The number of carbonyl (C=O) groups is 1. The van der Waals surface area contributed by atoms with Crippen LogP contribution in [-0.2, 0) is 38.6 Å². The summed E-state index contributed by atoms with van der Waals surface area (Å²) >= 11 is 0. The Bertz CT molecular complexity index is 8300. The first-order chi connectivity index (χ1) is 61.4. The molecule has 4 spiro atoms. The second-order valence-electron chi connectivity index (χ2n) is 47.3. The van der Waals surface area contributed by atoms with E-state index in [0.29, 0.717) is 107 Å². The van der Waals surface area contributed by atoms with Gasteiger partial charge in [-0.15, -0.1) is 0 Å². The summed E-state index contributed by atoms with van der Waals surface area (Å²) in [6, 6.07) is 36.3. The van der Waals surface area contributed by atoms with Crippen molar-refractivity contribution in [3.63, 3.8) is 0 Å². The van der Waals surface area contributed by atoms with E-state index in [4.69, 9.17) is 4.74 Å². The van der Waals surface area contributed by atoms with Crippen molar-refractivity contribution in [1.82, 2.24) is 4.90 Å². The van der Waals surface area contributed by atoms with E-state index in [1.54, 1.807) is 182 Å². The lowest BCUT2D eigenvalue weighted by atomic mass is 9.43. The number of methoxy groups -OCH3 is 1. The predicted molar refractivity (Wildman–Crippen MR) is 498 cm³/mol. The van der Waals surface area contributed by atoms with Crippen molar-refractivity contribution in [2.24, 2.45) is 70.0 Å². The van der Waals surface area contributed by atoms with Crippen molar-refractivity contribution < 1.29 is 9.53 Å². The number of fused-ring (bicyclic) bond motifs is 8. The number of hydrogen-bond donors (Lipinski definition) is 0. The van der Waals surface area contributed by atoms with Crippen LogP contribution in [0.15, 0.2) is 132 Å². The minimum atomic E-state index is -0.0933. The van der Waals surface area contributed by atoms with Gasteiger partial charge in [-0.1, -0.05) is 197 Å². The summed E-state index contributed by atoms with van der Waals surface area (Å²) in [5.41, 5.74) is 50.6. The number of likely N-dealkylation sites (N-methyl/N-ethyl adjacent to an activating group) is 1. The Balaban J connectivity index is 0.000000106. The Morgan fingerprint density at radius 2 is 1.31 bits per heavy atom. The first-order valence-corrected chi connectivity index (χ1v) is 50.9. The SMILES string of the molecule is CCCCCCCCCCCCc1ccc(C2N(C)CC34c5c6c7c8c9c%10ccc%11c%12ccc%13c%14c%15c%16c(c5c8c%16c(c%14%12)c%119)=C5C8C(C=CC%13C%158)C(CCC3C6=CCC7%10)C524)cc1.COC(=O)CCCC1(c2ccccc2)C23c4c5c6c7c8c9c%10c%11c%12c%13c%14cc%15c%16c(c2c(c48)c%10c%13%16)C2C%15C=CC4C8CCC(C5=C8C13C42)C6CC1CC2CC(=C%11C9=C2C71)CC%12C%14. The molecular weight excluding hydrogens is 1500 g/mol. The normalized spacial score (nSPS) is 38.3. The van der Waals surface area contributed by atoms with E-state index in [0.717, 1.165) is 24.7 Å². The molecule has 24 atom stereocenters. The van der Waals surface area contributed by atoms with Gasteiger partial charge in [0, 0.05) is 75.7 Å². The number of rotatable bonds is 17.